The van der Waals surface area contributed by atoms with Crippen LogP contribution in [0.2, 0.25) is 0 Å². The number of nitrogens with zero attached hydrogens (tertiary/aromatic N) is 2. The molecule has 23 heavy (non-hydrogen) atoms. The van der Waals surface area contributed by atoms with Crippen molar-refractivity contribution in [1.29, 1.82) is 0 Å². The fourth-order valence-corrected chi connectivity index (χ4v) is 3.66. The quantitative estimate of drug-likeness (QED) is 0.883. The molecule has 122 valence electrons. The summed E-state index contributed by atoms with van der Waals surface area (Å²) >= 11 is 1.74. The van der Waals surface area contributed by atoms with Crippen LogP contribution in [-0.4, -0.2) is 43.2 Å². The molecule has 2 amide bonds. The van der Waals surface area contributed by atoms with E-state index in [1.54, 1.807) is 11.3 Å². The molecule has 1 aliphatic heterocycles. The third kappa shape index (κ3) is 3.85. The minimum atomic E-state index is 0.0573. The monoisotopic (exact) mass is 329 g/mol. The number of hydrogen-bond donors (Lipinski definition) is 1. The molecule has 0 atom stereocenters. The van der Waals surface area contributed by atoms with Crippen LogP contribution in [0.4, 0.5) is 10.5 Å². The second-order valence-corrected chi connectivity index (χ2v) is 6.77. The second-order valence-electron chi connectivity index (χ2n) is 5.74. The van der Waals surface area contributed by atoms with E-state index in [2.05, 4.69) is 52.9 Å². The first-order valence-electron chi connectivity index (χ1n) is 8.14. The standard InChI is InChI=1S/C18H23N3OS/c1-2-21(15-7-4-3-5-8-15)16-13-20(14-16)18(22)19-11-10-17-9-6-12-23-17/h3-9,12,16H,2,10-11,13-14H2,1H3,(H,19,22). The van der Waals surface area contributed by atoms with E-state index in [9.17, 15) is 4.79 Å². The van der Waals surface area contributed by atoms with Gasteiger partial charge in [-0.25, -0.2) is 4.79 Å². The van der Waals surface area contributed by atoms with Crippen molar-refractivity contribution >= 4 is 23.1 Å². The summed E-state index contributed by atoms with van der Waals surface area (Å²) in [5.41, 5.74) is 1.23. The predicted octanol–water partition coefficient (Wildman–Crippen LogP) is 3.21. The molecule has 1 aromatic carbocycles. The van der Waals surface area contributed by atoms with Gasteiger partial charge in [0.1, 0.15) is 0 Å². The Labute approximate surface area is 141 Å². The Bertz CT molecular complexity index is 608. The zero-order valence-electron chi connectivity index (χ0n) is 13.4. The molecular weight excluding hydrogens is 306 g/mol. The van der Waals surface area contributed by atoms with Gasteiger partial charge < -0.3 is 15.1 Å². The number of carbonyl (C=O) groups is 1. The van der Waals surface area contributed by atoms with Gasteiger partial charge in [0.05, 0.1) is 6.04 Å². The van der Waals surface area contributed by atoms with Crippen LogP contribution < -0.4 is 10.2 Å². The average Bonchev–Trinajstić information content (AvgIpc) is 3.04. The van der Waals surface area contributed by atoms with Crippen LogP contribution >= 0.6 is 11.3 Å². The summed E-state index contributed by atoms with van der Waals surface area (Å²) in [4.78, 5) is 17.7. The highest BCUT2D eigenvalue weighted by atomic mass is 32.1. The number of amides is 2. The number of hydrogen-bond acceptors (Lipinski definition) is 3. The Balaban J connectivity index is 1.43. The zero-order chi connectivity index (χ0) is 16.1. The number of likely N-dealkylation sites (tertiary alicyclic amines) is 1. The van der Waals surface area contributed by atoms with Crippen molar-refractivity contribution in [2.75, 3.05) is 31.1 Å². The number of carbonyl (C=O) groups excluding carboxylic acids is 1. The molecule has 1 aliphatic rings. The zero-order valence-corrected chi connectivity index (χ0v) is 14.3. The summed E-state index contributed by atoms with van der Waals surface area (Å²) in [7, 11) is 0. The highest BCUT2D eigenvalue weighted by molar-refractivity contribution is 7.09. The number of benzene rings is 1. The highest BCUT2D eigenvalue weighted by Crippen LogP contribution is 2.22. The van der Waals surface area contributed by atoms with Crippen LogP contribution in [-0.2, 0) is 6.42 Å². The van der Waals surface area contributed by atoms with Gasteiger partial charge in [0.15, 0.2) is 0 Å². The fraction of sp³-hybridized carbons (Fsp3) is 0.389. The van der Waals surface area contributed by atoms with Crippen LogP contribution in [0.5, 0.6) is 0 Å². The van der Waals surface area contributed by atoms with Gasteiger partial charge in [-0.3, -0.25) is 0 Å². The number of likely N-dealkylation sites (N-methyl/N-ethyl adjacent to an activating group) is 1. The molecule has 1 fully saturated rings. The van der Waals surface area contributed by atoms with E-state index in [0.717, 1.165) is 26.1 Å². The summed E-state index contributed by atoms with van der Waals surface area (Å²) in [6.45, 7) is 5.43. The Morgan fingerprint density at radius 2 is 2.04 bits per heavy atom. The van der Waals surface area contributed by atoms with Gasteiger partial charge >= 0.3 is 6.03 Å². The Hall–Kier alpha value is -2.01. The molecule has 3 rings (SSSR count). The normalized spacial score (nSPS) is 14.4. The predicted molar refractivity (Wildman–Crippen MR) is 96.2 cm³/mol. The first-order valence-corrected chi connectivity index (χ1v) is 9.02. The average molecular weight is 329 g/mol. The molecule has 4 nitrogen and oxygen atoms in total. The van der Waals surface area contributed by atoms with Crippen LogP contribution in [0, 0.1) is 0 Å². The number of anilines is 1. The van der Waals surface area contributed by atoms with E-state index in [-0.39, 0.29) is 6.03 Å². The SMILES string of the molecule is CCN(c1ccccc1)C1CN(C(=O)NCCc2cccs2)C1. The van der Waals surface area contributed by atoms with E-state index >= 15 is 0 Å². The van der Waals surface area contributed by atoms with Crippen molar-refractivity contribution in [2.24, 2.45) is 0 Å². The lowest BCUT2D eigenvalue weighted by Crippen LogP contribution is -2.63. The molecule has 1 aromatic heterocycles. The Kier molecular flexibility index (Phi) is 5.18. The molecule has 2 aromatic rings. The van der Waals surface area contributed by atoms with Gasteiger partial charge in [-0.05, 0) is 36.9 Å². The van der Waals surface area contributed by atoms with Crippen LogP contribution in [0.3, 0.4) is 0 Å². The van der Waals surface area contributed by atoms with E-state index in [0.29, 0.717) is 12.6 Å². The first-order chi connectivity index (χ1) is 11.3. The molecule has 1 N–H and O–H groups in total. The maximum atomic E-state index is 12.1. The molecule has 0 bridgehead atoms. The van der Waals surface area contributed by atoms with Crippen molar-refractivity contribution in [3.63, 3.8) is 0 Å². The lowest BCUT2D eigenvalue weighted by Gasteiger charge is -2.46. The lowest BCUT2D eigenvalue weighted by atomic mass is 10.1. The third-order valence-electron chi connectivity index (χ3n) is 4.25. The first kappa shape index (κ1) is 15.9. The minimum absolute atomic E-state index is 0.0573. The number of para-hydroxylation sites is 1. The van der Waals surface area contributed by atoms with Crippen molar-refractivity contribution in [1.82, 2.24) is 10.2 Å². The summed E-state index contributed by atoms with van der Waals surface area (Å²) in [6.07, 6.45) is 0.909. The summed E-state index contributed by atoms with van der Waals surface area (Å²) in [6, 6.07) is 15.1. The smallest absolute Gasteiger partial charge is 0.317 e. The van der Waals surface area contributed by atoms with E-state index in [1.165, 1.54) is 10.6 Å². The summed E-state index contributed by atoms with van der Waals surface area (Å²) in [5, 5.41) is 5.08. The maximum Gasteiger partial charge on any atom is 0.317 e. The topological polar surface area (TPSA) is 35.6 Å². The van der Waals surface area contributed by atoms with E-state index < -0.39 is 0 Å². The molecule has 0 radical (unpaired) electrons. The highest BCUT2D eigenvalue weighted by Gasteiger charge is 2.34. The number of nitrogens with one attached hydrogen (secondary N) is 1. The van der Waals surface area contributed by atoms with Gasteiger partial charge in [-0.2, -0.15) is 0 Å². The minimum Gasteiger partial charge on any atom is -0.365 e. The van der Waals surface area contributed by atoms with Crippen molar-refractivity contribution in [2.45, 2.75) is 19.4 Å². The maximum absolute atomic E-state index is 12.1. The van der Waals surface area contributed by atoms with Gasteiger partial charge in [0, 0.05) is 36.7 Å². The van der Waals surface area contributed by atoms with Gasteiger partial charge in [0.2, 0.25) is 0 Å². The second kappa shape index (κ2) is 7.51. The van der Waals surface area contributed by atoms with Crippen LogP contribution in [0.1, 0.15) is 11.8 Å². The molecule has 1 saturated heterocycles. The lowest BCUT2D eigenvalue weighted by molar-refractivity contribution is 0.149. The third-order valence-corrected chi connectivity index (χ3v) is 5.18. The number of thiophene rings is 1. The molecular formula is C18H23N3OS. The molecule has 5 heteroatoms. The number of rotatable bonds is 6. The Morgan fingerprint density at radius 3 is 2.70 bits per heavy atom. The number of urea groups is 1. The fourth-order valence-electron chi connectivity index (χ4n) is 2.95. The van der Waals surface area contributed by atoms with E-state index in [1.807, 2.05) is 17.0 Å². The van der Waals surface area contributed by atoms with Crippen molar-refractivity contribution < 1.29 is 4.79 Å². The molecule has 0 spiro atoms. The molecule has 0 aliphatic carbocycles. The molecule has 2 heterocycles. The van der Waals surface area contributed by atoms with Crippen molar-refractivity contribution in [3.05, 3.63) is 52.7 Å². The van der Waals surface area contributed by atoms with Crippen molar-refractivity contribution in [3.8, 4) is 0 Å². The largest absolute Gasteiger partial charge is 0.365 e. The van der Waals surface area contributed by atoms with Gasteiger partial charge in [-0.1, -0.05) is 24.3 Å². The van der Waals surface area contributed by atoms with Gasteiger partial charge in [0.25, 0.3) is 0 Å². The van der Waals surface area contributed by atoms with Crippen LogP contribution in [0.15, 0.2) is 47.8 Å². The summed E-state index contributed by atoms with van der Waals surface area (Å²) < 4.78 is 0. The van der Waals surface area contributed by atoms with Gasteiger partial charge in [-0.15, -0.1) is 11.3 Å². The summed E-state index contributed by atoms with van der Waals surface area (Å²) in [5.74, 6) is 0. The molecule has 0 unspecified atom stereocenters. The van der Waals surface area contributed by atoms with Crippen LogP contribution in [0.25, 0.3) is 0 Å². The molecule has 0 saturated carbocycles. The van der Waals surface area contributed by atoms with E-state index in [4.69, 9.17) is 0 Å². The Morgan fingerprint density at radius 1 is 1.26 bits per heavy atom.